The molecule has 0 saturated heterocycles. The molecule has 6 nitrogen and oxygen atoms in total. The second-order valence-electron chi connectivity index (χ2n) is 3.12. The van der Waals surface area contributed by atoms with Crippen molar-refractivity contribution >= 4 is 33.4 Å². The highest BCUT2D eigenvalue weighted by Gasteiger charge is 2.18. The molecule has 0 spiro atoms. The molecule has 0 aliphatic rings. The van der Waals surface area contributed by atoms with Crippen molar-refractivity contribution < 1.29 is 10.0 Å². The zero-order valence-corrected chi connectivity index (χ0v) is 10.5. The summed E-state index contributed by atoms with van der Waals surface area (Å²) in [5.41, 5.74) is 0.528. The van der Waals surface area contributed by atoms with Crippen LogP contribution in [0.5, 0.6) is 5.75 Å². The standard InChI is InChI=1S/C10H10BrN3O3/c1-13-5-7(4-12)6-2-8(11)10(15)9(3-6)14(16)17/h2-5,12-13,15H,1H3/b7-5+,12-4?. The molecule has 0 bridgehead atoms. The van der Waals surface area contributed by atoms with Crippen LogP contribution >= 0.6 is 15.9 Å². The Morgan fingerprint density at radius 3 is 2.76 bits per heavy atom. The highest BCUT2D eigenvalue weighted by molar-refractivity contribution is 9.10. The summed E-state index contributed by atoms with van der Waals surface area (Å²) >= 11 is 3.04. The lowest BCUT2D eigenvalue weighted by Crippen LogP contribution is -1.98. The molecule has 17 heavy (non-hydrogen) atoms. The molecule has 0 amide bonds. The zero-order chi connectivity index (χ0) is 13.0. The third-order valence-corrected chi connectivity index (χ3v) is 2.63. The Kier molecular flexibility index (Phi) is 4.22. The van der Waals surface area contributed by atoms with Crippen LogP contribution in [-0.2, 0) is 0 Å². The number of phenolic OH excluding ortho intramolecular Hbond substituents is 1. The van der Waals surface area contributed by atoms with Gasteiger partial charge in [-0.25, -0.2) is 0 Å². The van der Waals surface area contributed by atoms with Crippen molar-refractivity contribution in [2.45, 2.75) is 0 Å². The van der Waals surface area contributed by atoms with Gasteiger partial charge in [0.1, 0.15) is 0 Å². The first-order valence-electron chi connectivity index (χ1n) is 4.56. The lowest BCUT2D eigenvalue weighted by atomic mass is 10.1. The number of nitrogens with zero attached hydrogens (tertiary/aromatic N) is 1. The number of hydrogen-bond acceptors (Lipinski definition) is 5. The van der Waals surface area contributed by atoms with Gasteiger partial charge in [-0.1, -0.05) is 0 Å². The lowest BCUT2D eigenvalue weighted by Gasteiger charge is -2.05. The second-order valence-corrected chi connectivity index (χ2v) is 3.97. The quantitative estimate of drug-likeness (QED) is 0.451. The molecule has 0 unspecified atom stereocenters. The van der Waals surface area contributed by atoms with Crippen LogP contribution in [0.2, 0.25) is 0 Å². The van der Waals surface area contributed by atoms with Gasteiger partial charge in [0.15, 0.2) is 0 Å². The van der Waals surface area contributed by atoms with Gasteiger partial charge in [0.25, 0.3) is 0 Å². The van der Waals surface area contributed by atoms with E-state index in [2.05, 4.69) is 21.2 Å². The fourth-order valence-corrected chi connectivity index (χ4v) is 1.70. The molecule has 0 heterocycles. The zero-order valence-electron chi connectivity index (χ0n) is 8.90. The summed E-state index contributed by atoms with van der Waals surface area (Å²) in [5.74, 6) is -0.424. The molecule has 0 aromatic heterocycles. The van der Waals surface area contributed by atoms with E-state index >= 15 is 0 Å². The van der Waals surface area contributed by atoms with E-state index < -0.39 is 16.4 Å². The third kappa shape index (κ3) is 2.82. The first-order valence-corrected chi connectivity index (χ1v) is 5.35. The minimum absolute atomic E-state index is 0.213. The van der Waals surface area contributed by atoms with Gasteiger partial charge in [0.05, 0.1) is 9.40 Å². The summed E-state index contributed by atoms with van der Waals surface area (Å²) in [6.07, 6.45) is 2.61. The van der Waals surface area contributed by atoms with Crippen LogP contribution in [0.15, 0.2) is 22.8 Å². The molecular weight excluding hydrogens is 290 g/mol. The summed E-state index contributed by atoms with van der Waals surface area (Å²) in [6.45, 7) is 0. The van der Waals surface area contributed by atoms with Gasteiger partial charge in [-0.2, -0.15) is 0 Å². The number of rotatable bonds is 4. The van der Waals surface area contributed by atoms with Gasteiger partial charge in [-0.05, 0) is 27.6 Å². The number of halogens is 1. The monoisotopic (exact) mass is 299 g/mol. The van der Waals surface area contributed by atoms with Crippen LogP contribution in [0.4, 0.5) is 5.69 Å². The van der Waals surface area contributed by atoms with Crippen LogP contribution < -0.4 is 5.32 Å². The van der Waals surface area contributed by atoms with Gasteiger partial charge < -0.3 is 15.8 Å². The van der Waals surface area contributed by atoms with Crippen molar-refractivity contribution in [3.63, 3.8) is 0 Å². The number of hydrogen-bond donors (Lipinski definition) is 3. The highest BCUT2D eigenvalue weighted by atomic mass is 79.9. The minimum atomic E-state index is -0.676. The van der Waals surface area contributed by atoms with E-state index in [9.17, 15) is 15.2 Å². The Hall–Kier alpha value is -1.89. The van der Waals surface area contributed by atoms with Gasteiger partial charge in [0, 0.05) is 31.1 Å². The third-order valence-electron chi connectivity index (χ3n) is 2.03. The molecule has 0 saturated carbocycles. The summed E-state index contributed by atoms with van der Waals surface area (Å²) in [7, 11) is 1.66. The fraction of sp³-hybridized carbons (Fsp3) is 0.100. The molecule has 90 valence electrons. The molecule has 3 N–H and O–H groups in total. The Bertz CT molecular complexity index is 500. The number of benzene rings is 1. The van der Waals surface area contributed by atoms with Gasteiger partial charge in [-0.15, -0.1) is 0 Å². The number of nitro benzene ring substituents is 1. The fourth-order valence-electron chi connectivity index (χ4n) is 1.25. The van der Waals surface area contributed by atoms with Crippen LogP contribution in [0.25, 0.3) is 5.57 Å². The lowest BCUT2D eigenvalue weighted by molar-refractivity contribution is -0.386. The SMILES string of the molecule is CN/C=C(\C=N)c1cc(Br)c(O)c([N+](=O)[O-])c1. The van der Waals surface area contributed by atoms with E-state index in [0.29, 0.717) is 11.1 Å². The molecular formula is C10H10BrN3O3. The van der Waals surface area contributed by atoms with Crippen molar-refractivity contribution in [3.8, 4) is 5.75 Å². The molecule has 1 aromatic rings. The van der Waals surface area contributed by atoms with Crippen molar-refractivity contribution in [3.05, 3.63) is 38.5 Å². The van der Waals surface area contributed by atoms with Crippen LogP contribution in [0.3, 0.4) is 0 Å². The molecule has 0 aliphatic carbocycles. The average Bonchev–Trinajstić information content (AvgIpc) is 2.29. The Balaban J connectivity index is 3.42. The van der Waals surface area contributed by atoms with E-state index in [-0.39, 0.29) is 4.47 Å². The Labute approximate surface area is 106 Å². The van der Waals surface area contributed by atoms with Gasteiger partial charge in [0.2, 0.25) is 5.75 Å². The Morgan fingerprint density at radius 2 is 2.29 bits per heavy atom. The molecule has 1 rings (SSSR count). The van der Waals surface area contributed by atoms with Crippen LogP contribution in [-0.4, -0.2) is 23.3 Å². The van der Waals surface area contributed by atoms with Crippen molar-refractivity contribution in [1.82, 2.24) is 5.32 Å². The summed E-state index contributed by atoms with van der Waals surface area (Å²) in [5, 5.41) is 30.2. The normalized spacial score (nSPS) is 11.1. The molecule has 0 atom stereocenters. The smallest absolute Gasteiger partial charge is 0.312 e. The van der Waals surface area contributed by atoms with Crippen LogP contribution in [0, 0.1) is 15.5 Å². The van der Waals surface area contributed by atoms with Crippen molar-refractivity contribution in [2.75, 3.05) is 7.05 Å². The van der Waals surface area contributed by atoms with Crippen molar-refractivity contribution in [1.29, 1.82) is 5.41 Å². The van der Waals surface area contributed by atoms with E-state index in [4.69, 9.17) is 5.41 Å². The first-order chi connectivity index (χ1) is 8.01. The topological polar surface area (TPSA) is 99.2 Å². The second kappa shape index (κ2) is 5.44. The van der Waals surface area contributed by atoms with Crippen LogP contribution in [0.1, 0.15) is 5.56 Å². The van der Waals surface area contributed by atoms with E-state index in [1.54, 1.807) is 7.05 Å². The number of allylic oxidation sites excluding steroid dienone is 1. The number of phenols is 1. The summed E-state index contributed by atoms with van der Waals surface area (Å²) in [4.78, 5) is 10.1. The molecule has 0 fully saturated rings. The van der Waals surface area contributed by atoms with E-state index in [0.717, 1.165) is 6.21 Å². The minimum Gasteiger partial charge on any atom is -0.501 e. The molecule has 1 aromatic carbocycles. The predicted octanol–water partition coefficient (Wildman–Crippen LogP) is 2.27. The molecule has 7 heteroatoms. The highest BCUT2D eigenvalue weighted by Crippen LogP contribution is 2.36. The maximum absolute atomic E-state index is 10.7. The molecule has 0 aliphatic heterocycles. The predicted molar refractivity (Wildman–Crippen MR) is 68.3 cm³/mol. The maximum Gasteiger partial charge on any atom is 0.312 e. The van der Waals surface area contributed by atoms with Gasteiger partial charge >= 0.3 is 5.69 Å². The maximum atomic E-state index is 10.7. The summed E-state index contributed by atoms with van der Waals surface area (Å²) in [6, 6.07) is 2.73. The first kappa shape index (κ1) is 13.2. The Morgan fingerprint density at radius 1 is 1.65 bits per heavy atom. The largest absolute Gasteiger partial charge is 0.501 e. The van der Waals surface area contributed by atoms with Crippen molar-refractivity contribution in [2.24, 2.45) is 0 Å². The average molecular weight is 300 g/mol. The summed E-state index contributed by atoms with van der Waals surface area (Å²) < 4.78 is 0.213. The van der Waals surface area contributed by atoms with Gasteiger partial charge in [-0.3, -0.25) is 10.1 Å². The van der Waals surface area contributed by atoms with E-state index in [1.807, 2.05) is 0 Å². The van der Waals surface area contributed by atoms with E-state index in [1.165, 1.54) is 18.3 Å². The number of nitro groups is 1. The number of nitrogens with one attached hydrogen (secondary N) is 2. The molecule has 0 radical (unpaired) electrons. The number of aromatic hydroxyl groups is 1.